The predicted octanol–water partition coefficient (Wildman–Crippen LogP) is 3.23. The van der Waals surface area contributed by atoms with Crippen LogP contribution in [0.1, 0.15) is 48.4 Å². The molecule has 0 aromatic heterocycles. The Labute approximate surface area is 177 Å². The lowest BCUT2D eigenvalue weighted by Gasteiger charge is -2.23. The number of carbonyl (C=O) groups excluding carboxylic acids is 3. The molecule has 7 heteroatoms. The zero-order chi connectivity index (χ0) is 22.3. The summed E-state index contributed by atoms with van der Waals surface area (Å²) in [6.07, 6.45) is 0. The van der Waals surface area contributed by atoms with Crippen LogP contribution in [0.3, 0.4) is 0 Å². The van der Waals surface area contributed by atoms with E-state index in [2.05, 4.69) is 16.0 Å². The molecule has 0 fully saturated rings. The summed E-state index contributed by atoms with van der Waals surface area (Å²) in [6, 6.07) is 12.6. The van der Waals surface area contributed by atoms with Gasteiger partial charge in [-0.3, -0.25) is 14.4 Å². The highest BCUT2D eigenvalue weighted by Gasteiger charge is 2.26. The average Bonchev–Trinajstić information content (AvgIpc) is 2.71. The summed E-state index contributed by atoms with van der Waals surface area (Å²) in [5.74, 6) is -0.485. The Morgan fingerprint density at radius 3 is 2.03 bits per heavy atom. The summed E-state index contributed by atoms with van der Waals surface area (Å²) in [7, 11) is 1.55. The molecule has 0 aliphatic rings. The second kappa shape index (κ2) is 10.4. The molecule has 0 saturated heterocycles. The third-order valence-electron chi connectivity index (χ3n) is 4.44. The van der Waals surface area contributed by atoms with Crippen molar-refractivity contribution < 1.29 is 19.1 Å². The Morgan fingerprint density at radius 2 is 1.47 bits per heavy atom. The Hall–Kier alpha value is -3.35. The van der Waals surface area contributed by atoms with Crippen molar-refractivity contribution in [3.63, 3.8) is 0 Å². The second-order valence-electron chi connectivity index (χ2n) is 7.59. The Bertz CT molecular complexity index is 892. The second-order valence-corrected chi connectivity index (χ2v) is 7.59. The van der Waals surface area contributed by atoms with Gasteiger partial charge in [-0.05, 0) is 56.2 Å². The maximum absolute atomic E-state index is 12.9. The average molecular weight is 412 g/mol. The molecule has 2 aromatic carbocycles. The van der Waals surface area contributed by atoms with Gasteiger partial charge in [0.2, 0.25) is 5.91 Å². The molecule has 3 amide bonds. The van der Waals surface area contributed by atoms with Gasteiger partial charge in [0.15, 0.2) is 0 Å². The van der Waals surface area contributed by atoms with Crippen LogP contribution in [0.15, 0.2) is 48.5 Å². The number of anilines is 1. The van der Waals surface area contributed by atoms with E-state index in [4.69, 9.17) is 4.74 Å². The molecule has 0 radical (unpaired) electrons. The van der Waals surface area contributed by atoms with Gasteiger partial charge in [-0.15, -0.1) is 0 Å². The van der Waals surface area contributed by atoms with Gasteiger partial charge in [0.05, 0.1) is 18.4 Å². The smallest absolute Gasteiger partial charge is 0.255 e. The fraction of sp³-hybridized carbons (Fsp3) is 0.348. The van der Waals surface area contributed by atoms with Crippen molar-refractivity contribution in [2.24, 2.45) is 5.92 Å². The van der Waals surface area contributed by atoms with E-state index in [0.717, 1.165) is 0 Å². The van der Waals surface area contributed by atoms with Gasteiger partial charge >= 0.3 is 0 Å². The third kappa shape index (κ3) is 6.07. The molecule has 2 aromatic rings. The van der Waals surface area contributed by atoms with Gasteiger partial charge in [-0.2, -0.15) is 0 Å². The molecule has 7 nitrogen and oxygen atoms in total. The van der Waals surface area contributed by atoms with Crippen LogP contribution in [0.25, 0.3) is 0 Å². The van der Waals surface area contributed by atoms with Crippen LogP contribution in [-0.2, 0) is 4.79 Å². The lowest BCUT2D eigenvalue weighted by Crippen LogP contribution is -2.51. The number of hydrogen-bond acceptors (Lipinski definition) is 4. The summed E-state index contributed by atoms with van der Waals surface area (Å²) in [6.45, 7) is 7.45. The predicted molar refractivity (Wildman–Crippen MR) is 117 cm³/mol. The number of para-hydroxylation sites is 1. The highest BCUT2D eigenvalue weighted by molar-refractivity contribution is 6.09. The topological polar surface area (TPSA) is 96.5 Å². The number of rotatable bonds is 8. The molecular formula is C23H29N3O4. The van der Waals surface area contributed by atoms with Crippen molar-refractivity contribution in [1.29, 1.82) is 0 Å². The molecular weight excluding hydrogens is 382 g/mol. The van der Waals surface area contributed by atoms with Crippen molar-refractivity contribution >= 4 is 23.4 Å². The lowest BCUT2D eigenvalue weighted by atomic mass is 10.0. The summed E-state index contributed by atoms with van der Waals surface area (Å²) in [5.41, 5.74) is 1.08. The summed E-state index contributed by atoms with van der Waals surface area (Å²) >= 11 is 0. The van der Waals surface area contributed by atoms with Crippen LogP contribution >= 0.6 is 0 Å². The van der Waals surface area contributed by atoms with Crippen LogP contribution < -0.4 is 20.7 Å². The number of nitrogens with one attached hydrogen (secondary N) is 3. The number of carbonyl (C=O) groups is 3. The summed E-state index contributed by atoms with van der Waals surface area (Å²) in [5, 5.41) is 8.38. The van der Waals surface area contributed by atoms with E-state index in [0.29, 0.717) is 17.0 Å². The van der Waals surface area contributed by atoms with E-state index >= 15 is 0 Å². The number of benzene rings is 2. The number of ether oxygens (including phenoxy) is 1. The molecule has 0 aliphatic carbocycles. The molecule has 0 spiro atoms. The quantitative estimate of drug-likeness (QED) is 0.621. The van der Waals surface area contributed by atoms with E-state index in [1.54, 1.807) is 55.6 Å². The van der Waals surface area contributed by atoms with Gasteiger partial charge < -0.3 is 20.7 Å². The molecule has 0 heterocycles. The molecule has 160 valence electrons. The SMILES string of the molecule is COc1ccc(C(=O)Nc2ccccc2C(=O)NC(C(=O)NC(C)C)C(C)C)cc1. The van der Waals surface area contributed by atoms with E-state index < -0.39 is 11.9 Å². The maximum atomic E-state index is 12.9. The summed E-state index contributed by atoms with van der Waals surface area (Å²) in [4.78, 5) is 38.0. The van der Waals surface area contributed by atoms with Gasteiger partial charge in [0, 0.05) is 11.6 Å². The standard InChI is InChI=1S/C23H29N3O4/c1-14(2)20(23(29)24-15(3)4)26-22(28)18-8-6-7-9-19(18)25-21(27)16-10-12-17(30-5)13-11-16/h6-15,20H,1-5H3,(H,24,29)(H,25,27)(H,26,28). The fourth-order valence-electron chi connectivity index (χ4n) is 2.86. The van der Waals surface area contributed by atoms with E-state index in [9.17, 15) is 14.4 Å². The number of methoxy groups -OCH3 is 1. The molecule has 0 bridgehead atoms. The van der Waals surface area contributed by atoms with E-state index in [-0.39, 0.29) is 29.3 Å². The molecule has 2 rings (SSSR count). The molecule has 1 atom stereocenters. The van der Waals surface area contributed by atoms with E-state index in [1.165, 1.54) is 0 Å². The zero-order valence-electron chi connectivity index (χ0n) is 18.0. The van der Waals surface area contributed by atoms with Crippen molar-refractivity contribution in [3.05, 3.63) is 59.7 Å². The van der Waals surface area contributed by atoms with Crippen LogP contribution in [0.5, 0.6) is 5.75 Å². The monoisotopic (exact) mass is 411 g/mol. The van der Waals surface area contributed by atoms with Crippen molar-refractivity contribution in [2.75, 3.05) is 12.4 Å². The van der Waals surface area contributed by atoms with Crippen LogP contribution in [-0.4, -0.2) is 36.9 Å². The number of hydrogen-bond donors (Lipinski definition) is 3. The van der Waals surface area contributed by atoms with Crippen molar-refractivity contribution in [2.45, 2.75) is 39.8 Å². The molecule has 3 N–H and O–H groups in total. The van der Waals surface area contributed by atoms with Crippen molar-refractivity contribution in [3.8, 4) is 5.75 Å². The Balaban J connectivity index is 2.19. The summed E-state index contributed by atoms with van der Waals surface area (Å²) < 4.78 is 5.10. The van der Waals surface area contributed by atoms with Crippen LogP contribution in [0.4, 0.5) is 5.69 Å². The first kappa shape index (κ1) is 22.9. The minimum atomic E-state index is -0.690. The van der Waals surface area contributed by atoms with Gasteiger partial charge in [-0.1, -0.05) is 26.0 Å². The van der Waals surface area contributed by atoms with Gasteiger partial charge in [-0.25, -0.2) is 0 Å². The van der Waals surface area contributed by atoms with Crippen LogP contribution in [0, 0.1) is 5.92 Å². The van der Waals surface area contributed by atoms with Crippen LogP contribution in [0.2, 0.25) is 0 Å². The number of amides is 3. The highest BCUT2D eigenvalue weighted by Crippen LogP contribution is 2.18. The van der Waals surface area contributed by atoms with Crippen molar-refractivity contribution in [1.82, 2.24) is 10.6 Å². The van der Waals surface area contributed by atoms with Gasteiger partial charge in [0.25, 0.3) is 11.8 Å². The first-order valence-electron chi connectivity index (χ1n) is 9.88. The molecule has 0 saturated carbocycles. The fourth-order valence-corrected chi connectivity index (χ4v) is 2.86. The zero-order valence-corrected chi connectivity index (χ0v) is 18.0. The van der Waals surface area contributed by atoms with E-state index in [1.807, 2.05) is 27.7 Å². The Kier molecular flexibility index (Phi) is 7.98. The first-order chi connectivity index (χ1) is 14.2. The third-order valence-corrected chi connectivity index (χ3v) is 4.44. The highest BCUT2D eigenvalue weighted by atomic mass is 16.5. The lowest BCUT2D eigenvalue weighted by molar-refractivity contribution is -0.124. The molecule has 1 unspecified atom stereocenters. The molecule has 0 aliphatic heterocycles. The maximum Gasteiger partial charge on any atom is 0.255 e. The first-order valence-corrected chi connectivity index (χ1v) is 9.88. The molecule has 30 heavy (non-hydrogen) atoms. The Morgan fingerprint density at radius 1 is 0.833 bits per heavy atom. The minimum Gasteiger partial charge on any atom is -0.497 e. The largest absolute Gasteiger partial charge is 0.497 e. The van der Waals surface area contributed by atoms with Gasteiger partial charge in [0.1, 0.15) is 11.8 Å². The normalized spacial score (nSPS) is 11.7. The minimum absolute atomic E-state index is 0.0354.